The Balaban J connectivity index is 2.21. The summed E-state index contributed by atoms with van der Waals surface area (Å²) in [5, 5.41) is 14.3. The maximum absolute atomic E-state index is 11.2. The van der Waals surface area contributed by atoms with Gasteiger partial charge in [0.05, 0.1) is 4.92 Å². The summed E-state index contributed by atoms with van der Waals surface area (Å²) < 4.78 is 0. The third-order valence-corrected chi connectivity index (χ3v) is 4.22. The molecule has 0 aromatic heterocycles. The van der Waals surface area contributed by atoms with Crippen LogP contribution in [0, 0.1) is 16.0 Å². The molecular weight excluding hydrogens is 270 g/mol. The van der Waals surface area contributed by atoms with Crippen molar-refractivity contribution in [3.63, 3.8) is 0 Å². The lowest BCUT2D eigenvalue weighted by molar-refractivity contribution is -0.384. The Kier molecular flexibility index (Phi) is 4.77. The summed E-state index contributed by atoms with van der Waals surface area (Å²) >= 11 is 0. The van der Waals surface area contributed by atoms with Gasteiger partial charge in [-0.2, -0.15) is 0 Å². The van der Waals surface area contributed by atoms with Gasteiger partial charge < -0.3 is 11.1 Å². The number of rotatable bonds is 5. The van der Waals surface area contributed by atoms with Gasteiger partial charge in [-0.05, 0) is 37.8 Å². The minimum absolute atomic E-state index is 0.0253. The molecule has 1 aliphatic rings. The SMILES string of the molecule is CC(Nc1cc(C(N)=O)ccc1[N+](=O)[O-])C1CCCCC1. The number of anilines is 1. The van der Waals surface area contributed by atoms with Crippen LogP contribution in [0.15, 0.2) is 18.2 Å². The topological polar surface area (TPSA) is 98.3 Å². The molecule has 0 radical (unpaired) electrons. The summed E-state index contributed by atoms with van der Waals surface area (Å²) in [4.78, 5) is 21.9. The zero-order valence-corrected chi connectivity index (χ0v) is 12.2. The number of primary amides is 1. The molecule has 1 aromatic carbocycles. The van der Waals surface area contributed by atoms with E-state index in [0.717, 1.165) is 12.8 Å². The van der Waals surface area contributed by atoms with Gasteiger partial charge >= 0.3 is 0 Å². The summed E-state index contributed by atoms with van der Waals surface area (Å²) in [6.45, 7) is 2.04. The fourth-order valence-electron chi connectivity index (χ4n) is 2.96. The maximum atomic E-state index is 11.2. The molecule has 1 fully saturated rings. The summed E-state index contributed by atoms with van der Waals surface area (Å²) in [5.41, 5.74) is 5.87. The van der Waals surface area contributed by atoms with E-state index >= 15 is 0 Å². The van der Waals surface area contributed by atoms with Crippen LogP contribution in [0.2, 0.25) is 0 Å². The highest BCUT2D eigenvalue weighted by atomic mass is 16.6. The van der Waals surface area contributed by atoms with Crippen LogP contribution in [0.25, 0.3) is 0 Å². The second-order valence-electron chi connectivity index (χ2n) is 5.68. The predicted octanol–water partition coefficient (Wildman–Crippen LogP) is 3.07. The Labute approximate surface area is 123 Å². The zero-order valence-electron chi connectivity index (χ0n) is 12.2. The smallest absolute Gasteiger partial charge is 0.292 e. The lowest BCUT2D eigenvalue weighted by atomic mass is 9.84. The van der Waals surface area contributed by atoms with Crippen molar-refractivity contribution in [3.05, 3.63) is 33.9 Å². The molecule has 0 aliphatic heterocycles. The number of nitrogens with two attached hydrogens (primary N) is 1. The molecule has 1 amide bonds. The Hall–Kier alpha value is -2.11. The molecule has 3 N–H and O–H groups in total. The lowest BCUT2D eigenvalue weighted by Gasteiger charge is -2.28. The highest BCUT2D eigenvalue weighted by Gasteiger charge is 2.23. The van der Waals surface area contributed by atoms with E-state index in [-0.39, 0.29) is 17.3 Å². The molecule has 6 heteroatoms. The van der Waals surface area contributed by atoms with Crippen molar-refractivity contribution in [2.45, 2.75) is 45.1 Å². The molecule has 1 aliphatic carbocycles. The molecule has 1 atom stereocenters. The van der Waals surface area contributed by atoms with Gasteiger partial charge in [-0.15, -0.1) is 0 Å². The van der Waals surface area contributed by atoms with E-state index in [9.17, 15) is 14.9 Å². The summed E-state index contributed by atoms with van der Waals surface area (Å²) in [7, 11) is 0. The Morgan fingerprint density at radius 3 is 2.62 bits per heavy atom. The van der Waals surface area contributed by atoms with Crippen molar-refractivity contribution >= 4 is 17.3 Å². The van der Waals surface area contributed by atoms with E-state index < -0.39 is 10.8 Å². The van der Waals surface area contributed by atoms with E-state index in [2.05, 4.69) is 5.32 Å². The Morgan fingerprint density at radius 1 is 1.38 bits per heavy atom. The monoisotopic (exact) mass is 291 g/mol. The van der Waals surface area contributed by atoms with Crippen LogP contribution in [0.5, 0.6) is 0 Å². The minimum atomic E-state index is -0.585. The predicted molar refractivity (Wildman–Crippen MR) is 81.3 cm³/mol. The number of benzene rings is 1. The van der Waals surface area contributed by atoms with Crippen molar-refractivity contribution in [1.82, 2.24) is 0 Å². The number of carbonyl (C=O) groups excluding carboxylic acids is 1. The van der Waals surface area contributed by atoms with Crippen molar-refractivity contribution in [2.24, 2.45) is 11.7 Å². The standard InChI is InChI=1S/C15H21N3O3/c1-10(11-5-3-2-4-6-11)17-13-9-12(15(16)19)7-8-14(13)18(20)21/h7-11,17H,2-6H2,1H3,(H2,16,19). The van der Waals surface area contributed by atoms with Crippen molar-refractivity contribution in [2.75, 3.05) is 5.32 Å². The van der Waals surface area contributed by atoms with Gasteiger partial charge in [0.15, 0.2) is 0 Å². The van der Waals surface area contributed by atoms with Gasteiger partial charge in [-0.25, -0.2) is 0 Å². The third kappa shape index (κ3) is 3.71. The largest absolute Gasteiger partial charge is 0.377 e. The number of nitro groups is 1. The summed E-state index contributed by atoms with van der Waals surface area (Å²) in [5.74, 6) is -0.0751. The molecular formula is C15H21N3O3. The number of nitrogens with one attached hydrogen (secondary N) is 1. The van der Waals surface area contributed by atoms with Crippen LogP contribution < -0.4 is 11.1 Å². The number of nitrogens with zero attached hydrogens (tertiary/aromatic N) is 1. The average molecular weight is 291 g/mol. The number of carbonyl (C=O) groups is 1. The first kappa shape index (κ1) is 15.3. The summed E-state index contributed by atoms with van der Waals surface area (Å²) in [6, 6.07) is 4.32. The highest BCUT2D eigenvalue weighted by Crippen LogP contribution is 2.31. The van der Waals surface area contributed by atoms with Gasteiger partial charge in [-0.3, -0.25) is 14.9 Å². The fraction of sp³-hybridized carbons (Fsp3) is 0.533. The van der Waals surface area contributed by atoms with Crippen LogP contribution in [0.3, 0.4) is 0 Å². The van der Waals surface area contributed by atoms with Gasteiger partial charge in [0.2, 0.25) is 5.91 Å². The Morgan fingerprint density at radius 2 is 2.05 bits per heavy atom. The van der Waals surface area contributed by atoms with Crippen LogP contribution in [-0.2, 0) is 0 Å². The highest BCUT2D eigenvalue weighted by molar-refractivity contribution is 5.94. The van der Waals surface area contributed by atoms with Crippen molar-refractivity contribution in [3.8, 4) is 0 Å². The summed E-state index contributed by atoms with van der Waals surface area (Å²) in [6.07, 6.45) is 5.95. The molecule has 1 aromatic rings. The Bertz CT molecular complexity index is 539. The van der Waals surface area contributed by atoms with E-state index in [4.69, 9.17) is 5.73 Å². The zero-order chi connectivity index (χ0) is 15.4. The first-order chi connectivity index (χ1) is 9.99. The molecule has 6 nitrogen and oxygen atoms in total. The van der Waals surface area contributed by atoms with Gasteiger partial charge in [-0.1, -0.05) is 19.3 Å². The number of hydrogen-bond donors (Lipinski definition) is 2. The molecule has 0 bridgehead atoms. The molecule has 2 rings (SSSR count). The van der Waals surface area contributed by atoms with Crippen LogP contribution in [-0.4, -0.2) is 16.9 Å². The molecule has 1 saturated carbocycles. The van der Waals surface area contributed by atoms with Gasteiger partial charge in [0, 0.05) is 17.7 Å². The first-order valence-electron chi connectivity index (χ1n) is 7.34. The van der Waals surface area contributed by atoms with E-state index in [1.54, 1.807) is 0 Å². The van der Waals surface area contributed by atoms with Crippen LogP contribution in [0.4, 0.5) is 11.4 Å². The number of amides is 1. The van der Waals surface area contributed by atoms with Crippen molar-refractivity contribution < 1.29 is 9.72 Å². The molecule has 0 heterocycles. The van der Waals surface area contributed by atoms with E-state index in [1.807, 2.05) is 6.92 Å². The quantitative estimate of drug-likeness (QED) is 0.643. The normalized spacial score (nSPS) is 17.2. The van der Waals surface area contributed by atoms with Crippen molar-refractivity contribution in [1.29, 1.82) is 0 Å². The van der Waals surface area contributed by atoms with Gasteiger partial charge in [0.1, 0.15) is 5.69 Å². The molecule has 0 saturated heterocycles. The van der Waals surface area contributed by atoms with E-state index in [0.29, 0.717) is 11.6 Å². The second kappa shape index (κ2) is 6.56. The minimum Gasteiger partial charge on any atom is -0.377 e. The number of hydrogen-bond acceptors (Lipinski definition) is 4. The fourth-order valence-corrected chi connectivity index (χ4v) is 2.96. The average Bonchev–Trinajstić information content (AvgIpc) is 2.47. The molecule has 21 heavy (non-hydrogen) atoms. The molecule has 114 valence electrons. The third-order valence-electron chi connectivity index (χ3n) is 4.22. The van der Waals surface area contributed by atoms with E-state index in [1.165, 1.54) is 37.5 Å². The second-order valence-corrected chi connectivity index (χ2v) is 5.68. The lowest BCUT2D eigenvalue weighted by Crippen LogP contribution is -2.28. The van der Waals surface area contributed by atoms with Gasteiger partial charge in [0.25, 0.3) is 5.69 Å². The molecule has 1 unspecified atom stereocenters. The first-order valence-corrected chi connectivity index (χ1v) is 7.34. The van der Waals surface area contributed by atoms with Crippen LogP contribution in [0.1, 0.15) is 49.4 Å². The maximum Gasteiger partial charge on any atom is 0.292 e. The van der Waals surface area contributed by atoms with Crippen LogP contribution >= 0.6 is 0 Å². The number of nitro benzene ring substituents is 1. The molecule has 0 spiro atoms.